The number of benzene rings is 2. The third kappa shape index (κ3) is 2.65. The van der Waals surface area contributed by atoms with Gasteiger partial charge in [0.05, 0.1) is 10.9 Å². The Bertz CT molecular complexity index is 1010. The highest BCUT2D eigenvalue weighted by molar-refractivity contribution is 7.71. The third-order valence-corrected chi connectivity index (χ3v) is 5.01. The minimum absolute atomic E-state index is 0.0142. The lowest BCUT2D eigenvalue weighted by Gasteiger charge is -2.31. The molecule has 5 heteroatoms. The molecule has 4 rings (SSSR count). The van der Waals surface area contributed by atoms with Gasteiger partial charge in [-0.25, -0.2) is 0 Å². The number of hydrogen-bond donors (Lipinski definition) is 1. The van der Waals surface area contributed by atoms with Crippen molar-refractivity contribution in [1.29, 1.82) is 0 Å². The second kappa shape index (κ2) is 6.24. The van der Waals surface area contributed by atoms with Gasteiger partial charge in [0.2, 0.25) is 0 Å². The SMILES string of the molecule is O=c1c2ccccc2[nH]c(=S)n1CCN1CCCc2ccccc21. The predicted octanol–water partition coefficient (Wildman–Crippen LogP) is 3.51. The van der Waals surface area contributed by atoms with Crippen molar-refractivity contribution in [2.45, 2.75) is 19.4 Å². The summed E-state index contributed by atoms with van der Waals surface area (Å²) in [5.41, 5.74) is 3.46. The summed E-state index contributed by atoms with van der Waals surface area (Å²) in [5.74, 6) is 0. The number of aromatic nitrogens is 2. The lowest BCUT2D eigenvalue weighted by Crippen LogP contribution is -2.35. The fourth-order valence-electron chi connectivity index (χ4n) is 3.47. The lowest BCUT2D eigenvalue weighted by atomic mass is 10.0. The minimum atomic E-state index is -0.0142. The standard InChI is InChI=1S/C19H19N3OS/c23-18-15-8-2-3-9-16(15)20-19(24)22(18)13-12-21-11-5-7-14-6-1-4-10-17(14)21/h1-4,6,8-10H,5,7,11-13H2,(H,20,24). The van der Waals surface area contributed by atoms with Crippen LogP contribution in [-0.4, -0.2) is 22.6 Å². The average molecular weight is 337 g/mol. The number of fused-ring (bicyclic) bond motifs is 2. The molecule has 1 aromatic heterocycles. The molecular formula is C19H19N3OS. The zero-order valence-corrected chi connectivity index (χ0v) is 14.2. The quantitative estimate of drug-likeness (QED) is 0.744. The molecule has 0 spiro atoms. The van der Waals surface area contributed by atoms with E-state index in [0.29, 0.717) is 16.7 Å². The first-order valence-electron chi connectivity index (χ1n) is 8.29. The summed E-state index contributed by atoms with van der Waals surface area (Å²) in [5, 5.41) is 0.685. The van der Waals surface area contributed by atoms with Gasteiger partial charge in [-0.2, -0.15) is 0 Å². The zero-order valence-electron chi connectivity index (χ0n) is 13.4. The number of aromatic amines is 1. The van der Waals surface area contributed by atoms with Crippen LogP contribution in [0.2, 0.25) is 0 Å². The summed E-state index contributed by atoms with van der Waals surface area (Å²) in [6.07, 6.45) is 2.28. The Hall–Kier alpha value is -2.40. The van der Waals surface area contributed by atoms with Gasteiger partial charge >= 0.3 is 0 Å². The molecule has 0 bridgehead atoms. The molecule has 0 saturated carbocycles. The summed E-state index contributed by atoms with van der Waals surface area (Å²) < 4.78 is 2.17. The van der Waals surface area contributed by atoms with Crippen molar-refractivity contribution < 1.29 is 0 Å². The van der Waals surface area contributed by atoms with Gasteiger partial charge in [0.1, 0.15) is 0 Å². The Kier molecular flexibility index (Phi) is 3.94. The van der Waals surface area contributed by atoms with Crippen LogP contribution < -0.4 is 10.5 Å². The third-order valence-electron chi connectivity index (χ3n) is 4.69. The lowest BCUT2D eigenvalue weighted by molar-refractivity contribution is 0.602. The summed E-state index contributed by atoms with van der Waals surface area (Å²) in [7, 11) is 0. The highest BCUT2D eigenvalue weighted by Gasteiger charge is 2.16. The van der Waals surface area contributed by atoms with Gasteiger partial charge in [0.25, 0.3) is 5.56 Å². The normalized spacial score (nSPS) is 13.9. The highest BCUT2D eigenvalue weighted by atomic mass is 32.1. The molecule has 122 valence electrons. The molecule has 2 aromatic carbocycles. The Labute approximate surface area is 145 Å². The Morgan fingerprint density at radius 3 is 2.75 bits per heavy atom. The van der Waals surface area contributed by atoms with Crippen molar-refractivity contribution in [2.24, 2.45) is 0 Å². The van der Waals surface area contributed by atoms with Gasteiger partial charge in [-0.1, -0.05) is 30.3 Å². The first-order valence-corrected chi connectivity index (χ1v) is 8.69. The molecule has 4 nitrogen and oxygen atoms in total. The number of para-hydroxylation sites is 2. The van der Waals surface area contributed by atoms with Crippen LogP contribution in [0.25, 0.3) is 10.9 Å². The van der Waals surface area contributed by atoms with E-state index in [1.54, 1.807) is 4.57 Å². The minimum Gasteiger partial charge on any atom is -0.370 e. The molecule has 0 unspecified atom stereocenters. The summed E-state index contributed by atoms with van der Waals surface area (Å²) in [4.78, 5) is 18.2. The van der Waals surface area contributed by atoms with E-state index in [0.717, 1.165) is 31.4 Å². The number of aryl methyl sites for hydroxylation is 1. The summed E-state index contributed by atoms with van der Waals surface area (Å²) >= 11 is 5.40. The van der Waals surface area contributed by atoms with E-state index in [-0.39, 0.29) is 5.56 Å². The molecule has 0 saturated heterocycles. The summed E-state index contributed by atoms with van der Waals surface area (Å²) in [6, 6.07) is 16.0. The number of hydrogen-bond acceptors (Lipinski definition) is 3. The molecule has 0 atom stereocenters. The largest absolute Gasteiger partial charge is 0.370 e. The molecule has 0 radical (unpaired) electrons. The number of anilines is 1. The zero-order chi connectivity index (χ0) is 16.5. The number of rotatable bonds is 3. The number of H-pyrrole nitrogens is 1. The maximum absolute atomic E-state index is 12.7. The van der Waals surface area contributed by atoms with Gasteiger partial charge < -0.3 is 9.88 Å². The molecule has 0 aliphatic carbocycles. The van der Waals surface area contributed by atoms with E-state index < -0.39 is 0 Å². The van der Waals surface area contributed by atoms with Gasteiger partial charge in [0.15, 0.2) is 4.77 Å². The van der Waals surface area contributed by atoms with Crippen LogP contribution in [0.5, 0.6) is 0 Å². The topological polar surface area (TPSA) is 41.0 Å². The Balaban J connectivity index is 1.65. The van der Waals surface area contributed by atoms with E-state index in [1.165, 1.54) is 11.3 Å². The molecule has 2 heterocycles. The molecular weight excluding hydrogens is 318 g/mol. The van der Waals surface area contributed by atoms with Crippen molar-refractivity contribution in [3.05, 3.63) is 69.2 Å². The predicted molar refractivity (Wildman–Crippen MR) is 100 cm³/mol. The van der Waals surface area contributed by atoms with Gasteiger partial charge in [-0.15, -0.1) is 0 Å². The van der Waals surface area contributed by atoms with Gasteiger partial charge in [-0.05, 0) is 48.8 Å². The maximum Gasteiger partial charge on any atom is 0.262 e. The van der Waals surface area contributed by atoms with Crippen molar-refractivity contribution in [3.63, 3.8) is 0 Å². The van der Waals surface area contributed by atoms with Crippen molar-refractivity contribution in [1.82, 2.24) is 9.55 Å². The van der Waals surface area contributed by atoms with Crippen LogP contribution in [0.1, 0.15) is 12.0 Å². The monoisotopic (exact) mass is 337 g/mol. The smallest absolute Gasteiger partial charge is 0.262 e. The molecule has 1 N–H and O–H groups in total. The average Bonchev–Trinajstić information content (AvgIpc) is 2.61. The fraction of sp³-hybridized carbons (Fsp3) is 0.263. The molecule has 3 aromatic rings. The molecule has 1 aliphatic heterocycles. The Morgan fingerprint density at radius 2 is 1.83 bits per heavy atom. The highest BCUT2D eigenvalue weighted by Crippen LogP contribution is 2.26. The van der Waals surface area contributed by atoms with E-state index in [2.05, 4.69) is 34.1 Å². The number of nitrogens with zero attached hydrogens (tertiary/aromatic N) is 2. The van der Waals surface area contributed by atoms with Crippen LogP contribution in [0.4, 0.5) is 5.69 Å². The van der Waals surface area contributed by atoms with Crippen molar-refractivity contribution in [2.75, 3.05) is 18.0 Å². The van der Waals surface area contributed by atoms with Crippen LogP contribution in [0.15, 0.2) is 53.3 Å². The van der Waals surface area contributed by atoms with Crippen LogP contribution >= 0.6 is 12.2 Å². The summed E-state index contributed by atoms with van der Waals surface area (Å²) in [6.45, 7) is 2.40. The Morgan fingerprint density at radius 1 is 1.04 bits per heavy atom. The van der Waals surface area contributed by atoms with E-state index in [9.17, 15) is 4.79 Å². The number of nitrogens with one attached hydrogen (secondary N) is 1. The van der Waals surface area contributed by atoms with Crippen molar-refractivity contribution in [3.8, 4) is 0 Å². The van der Waals surface area contributed by atoms with Gasteiger partial charge in [-0.3, -0.25) is 9.36 Å². The molecule has 24 heavy (non-hydrogen) atoms. The molecule has 1 aliphatic rings. The van der Waals surface area contributed by atoms with Crippen LogP contribution in [-0.2, 0) is 13.0 Å². The molecule has 0 fully saturated rings. The van der Waals surface area contributed by atoms with E-state index >= 15 is 0 Å². The second-order valence-corrected chi connectivity index (χ2v) is 6.54. The van der Waals surface area contributed by atoms with Crippen LogP contribution in [0, 0.1) is 4.77 Å². The molecule has 0 amide bonds. The maximum atomic E-state index is 12.7. The first-order chi connectivity index (χ1) is 11.7. The fourth-order valence-corrected chi connectivity index (χ4v) is 3.75. The van der Waals surface area contributed by atoms with E-state index in [1.807, 2.05) is 24.3 Å². The second-order valence-electron chi connectivity index (χ2n) is 6.15. The van der Waals surface area contributed by atoms with Crippen LogP contribution in [0.3, 0.4) is 0 Å². The van der Waals surface area contributed by atoms with E-state index in [4.69, 9.17) is 12.2 Å². The van der Waals surface area contributed by atoms with Crippen molar-refractivity contribution >= 4 is 28.8 Å². The van der Waals surface area contributed by atoms with Gasteiger partial charge in [0, 0.05) is 25.3 Å². The first kappa shape index (κ1) is 15.1.